The fourth-order valence-corrected chi connectivity index (χ4v) is 3.88. The zero-order chi connectivity index (χ0) is 13.9. The number of rotatable bonds is 4. The number of hydrogen-bond acceptors (Lipinski definition) is 3. The monoisotopic (exact) mass is 288 g/mol. The van der Waals surface area contributed by atoms with E-state index >= 15 is 0 Å². The molecule has 1 aliphatic rings. The highest BCUT2D eigenvalue weighted by molar-refractivity contribution is 7.10. The van der Waals surface area contributed by atoms with E-state index in [4.69, 9.17) is 0 Å². The molecule has 0 bridgehead atoms. The predicted octanol–water partition coefficient (Wildman–Crippen LogP) is 3.55. The quantitative estimate of drug-likeness (QED) is 0.903. The Balaban J connectivity index is 1.84. The zero-order valence-electron chi connectivity index (χ0n) is 11.7. The Labute approximate surface area is 123 Å². The Morgan fingerprint density at radius 3 is 3.10 bits per heavy atom. The van der Waals surface area contributed by atoms with Crippen LogP contribution in [0.2, 0.25) is 0 Å². The van der Waals surface area contributed by atoms with Crippen molar-refractivity contribution in [3.05, 3.63) is 56.1 Å². The summed E-state index contributed by atoms with van der Waals surface area (Å²) in [6, 6.07) is 8.69. The zero-order valence-corrected chi connectivity index (χ0v) is 12.5. The maximum absolute atomic E-state index is 11.4. The number of aromatic nitrogens is 1. The third-order valence-electron chi connectivity index (χ3n) is 4.03. The molecule has 0 amide bonds. The average Bonchev–Trinajstić information content (AvgIpc) is 2.98. The summed E-state index contributed by atoms with van der Waals surface area (Å²) in [4.78, 5) is 15.8. The standard InChI is InChI=1S/C16H20N2OS/c1-2-12(15-7-4-10-20-15)17-13-5-3-6-14-11(13)8-9-16(19)18-14/h4,7-10,12-13,17H,2-3,5-6H2,1H3,(H,18,19). The molecule has 2 N–H and O–H groups in total. The SMILES string of the molecule is CCC(NC1CCCc2[nH]c(=O)ccc21)c1cccs1. The van der Waals surface area contributed by atoms with Gasteiger partial charge in [0.2, 0.25) is 5.56 Å². The van der Waals surface area contributed by atoms with Gasteiger partial charge in [-0.3, -0.25) is 4.79 Å². The number of pyridine rings is 1. The lowest BCUT2D eigenvalue weighted by Crippen LogP contribution is -2.30. The molecule has 3 nitrogen and oxygen atoms in total. The Morgan fingerprint density at radius 1 is 1.45 bits per heavy atom. The Hall–Kier alpha value is -1.39. The fraction of sp³-hybridized carbons (Fsp3) is 0.438. The van der Waals surface area contributed by atoms with E-state index in [9.17, 15) is 4.79 Å². The number of fused-ring (bicyclic) bond motifs is 1. The lowest BCUT2D eigenvalue weighted by molar-refractivity contribution is 0.393. The molecule has 2 aromatic heterocycles. The van der Waals surface area contributed by atoms with Crippen LogP contribution in [0.15, 0.2) is 34.4 Å². The molecule has 4 heteroatoms. The third-order valence-corrected chi connectivity index (χ3v) is 5.02. The first-order chi connectivity index (χ1) is 9.78. The lowest BCUT2D eigenvalue weighted by atomic mass is 9.90. The summed E-state index contributed by atoms with van der Waals surface area (Å²) in [6.45, 7) is 2.22. The molecule has 2 atom stereocenters. The van der Waals surface area contributed by atoms with E-state index in [1.165, 1.54) is 10.4 Å². The first-order valence-corrected chi connectivity index (χ1v) is 8.17. The summed E-state index contributed by atoms with van der Waals surface area (Å²) in [5.74, 6) is 0. The first kappa shape index (κ1) is 13.6. The van der Waals surface area contributed by atoms with Gasteiger partial charge in [0, 0.05) is 28.7 Å². The largest absolute Gasteiger partial charge is 0.326 e. The molecule has 0 saturated carbocycles. The molecule has 0 radical (unpaired) electrons. The van der Waals surface area contributed by atoms with Crippen molar-refractivity contribution in [3.63, 3.8) is 0 Å². The molecule has 0 saturated heterocycles. The van der Waals surface area contributed by atoms with Gasteiger partial charge in [-0.15, -0.1) is 11.3 Å². The summed E-state index contributed by atoms with van der Waals surface area (Å²) in [7, 11) is 0. The van der Waals surface area contributed by atoms with Crippen LogP contribution in [0.25, 0.3) is 0 Å². The van der Waals surface area contributed by atoms with Crippen molar-refractivity contribution in [2.45, 2.75) is 44.7 Å². The minimum Gasteiger partial charge on any atom is -0.326 e. The number of aromatic amines is 1. The molecule has 0 aliphatic heterocycles. The van der Waals surface area contributed by atoms with Crippen LogP contribution in [0, 0.1) is 0 Å². The van der Waals surface area contributed by atoms with Gasteiger partial charge >= 0.3 is 0 Å². The van der Waals surface area contributed by atoms with Crippen molar-refractivity contribution in [2.24, 2.45) is 0 Å². The summed E-state index contributed by atoms with van der Waals surface area (Å²) in [5, 5.41) is 5.90. The molecule has 20 heavy (non-hydrogen) atoms. The van der Waals surface area contributed by atoms with Gasteiger partial charge in [0.05, 0.1) is 0 Å². The maximum atomic E-state index is 11.4. The average molecular weight is 288 g/mol. The van der Waals surface area contributed by atoms with Crippen LogP contribution in [-0.4, -0.2) is 4.98 Å². The van der Waals surface area contributed by atoms with Crippen LogP contribution in [0.3, 0.4) is 0 Å². The van der Waals surface area contributed by atoms with Crippen molar-refractivity contribution in [1.29, 1.82) is 0 Å². The highest BCUT2D eigenvalue weighted by atomic mass is 32.1. The van der Waals surface area contributed by atoms with Gasteiger partial charge in [0.15, 0.2) is 0 Å². The second-order valence-electron chi connectivity index (χ2n) is 5.34. The highest BCUT2D eigenvalue weighted by Gasteiger charge is 2.23. The molecule has 2 aromatic rings. The second-order valence-corrected chi connectivity index (χ2v) is 6.32. The van der Waals surface area contributed by atoms with E-state index in [1.54, 1.807) is 6.07 Å². The fourth-order valence-electron chi connectivity index (χ4n) is 3.01. The van der Waals surface area contributed by atoms with Gasteiger partial charge in [-0.1, -0.05) is 19.1 Å². The maximum Gasteiger partial charge on any atom is 0.248 e. The van der Waals surface area contributed by atoms with Crippen molar-refractivity contribution in [1.82, 2.24) is 10.3 Å². The van der Waals surface area contributed by atoms with Crippen LogP contribution in [0.1, 0.15) is 54.4 Å². The summed E-state index contributed by atoms with van der Waals surface area (Å²) in [6.07, 6.45) is 4.33. The lowest BCUT2D eigenvalue weighted by Gasteiger charge is -2.29. The molecular formula is C16H20N2OS. The molecule has 2 unspecified atom stereocenters. The molecule has 1 aliphatic carbocycles. The Morgan fingerprint density at radius 2 is 2.35 bits per heavy atom. The first-order valence-electron chi connectivity index (χ1n) is 7.29. The molecular weight excluding hydrogens is 268 g/mol. The number of thiophene rings is 1. The number of hydrogen-bond donors (Lipinski definition) is 2. The highest BCUT2D eigenvalue weighted by Crippen LogP contribution is 2.32. The molecule has 0 spiro atoms. The van der Waals surface area contributed by atoms with Crippen molar-refractivity contribution in [3.8, 4) is 0 Å². The van der Waals surface area contributed by atoms with Crippen molar-refractivity contribution >= 4 is 11.3 Å². The van der Waals surface area contributed by atoms with Gasteiger partial charge in [-0.05, 0) is 42.7 Å². The molecule has 106 valence electrons. The van der Waals surface area contributed by atoms with E-state index in [0.29, 0.717) is 12.1 Å². The summed E-state index contributed by atoms with van der Waals surface area (Å²) in [5.41, 5.74) is 2.39. The van der Waals surface area contributed by atoms with Crippen LogP contribution >= 0.6 is 11.3 Å². The van der Waals surface area contributed by atoms with Crippen LogP contribution in [0.5, 0.6) is 0 Å². The summed E-state index contributed by atoms with van der Waals surface area (Å²) < 4.78 is 0. The Bertz CT molecular complexity index is 618. The van der Waals surface area contributed by atoms with E-state index in [0.717, 1.165) is 31.4 Å². The minimum atomic E-state index is 0.00898. The normalized spacial score (nSPS) is 19.6. The predicted molar refractivity (Wildman–Crippen MR) is 83.2 cm³/mol. The van der Waals surface area contributed by atoms with Crippen LogP contribution in [-0.2, 0) is 6.42 Å². The van der Waals surface area contributed by atoms with Crippen LogP contribution < -0.4 is 10.9 Å². The molecule has 3 rings (SSSR count). The van der Waals surface area contributed by atoms with Gasteiger partial charge in [-0.25, -0.2) is 0 Å². The molecule has 0 aromatic carbocycles. The third kappa shape index (κ3) is 2.72. The van der Waals surface area contributed by atoms with E-state index < -0.39 is 0 Å². The second kappa shape index (κ2) is 5.94. The number of nitrogens with one attached hydrogen (secondary N) is 2. The van der Waals surface area contributed by atoms with E-state index in [2.05, 4.69) is 34.7 Å². The molecule has 2 heterocycles. The minimum absolute atomic E-state index is 0.00898. The molecule has 0 fully saturated rings. The van der Waals surface area contributed by atoms with Gasteiger partial charge in [0.1, 0.15) is 0 Å². The smallest absolute Gasteiger partial charge is 0.248 e. The van der Waals surface area contributed by atoms with Crippen LogP contribution in [0.4, 0.5) is 0 Å². The number of H-pyrrole nitrogens is 1. The summed E-state index contributed by atoms with van der Waals surface area (Å²) >= 11 is 1.81. The topological polar surface area (TPSA) is 44.9 Å². The van der Waals surface area contributed by atoms with Gasteiger partial charge < -0.3 is 10.3 Å². The Kier molecular flexibility index (Phi) is 4.03. The van der Waals surface area contributed by atoms with E-state index in [-0.39, 0.29) is 5.56 Å². The van der Waals surface area contributed by atoms with Gasteiger partial charge in [-0.2, -0.15) is 0 Å². The van der Waals surface area contributed by atoms with Crippen molar-refractivity contribution < 1.29 is 0 Å². The van der Waals surface area contributed by atoms with Crippen molar-refractivity contribution in [2.75, 3.05) is 0 Å². The van der Waals surface area contributed by atoms with Gasteiger partial charge in [0.25, 0.3) is 0 Å². The number of aryl methyl sites for hydroxylation is 1. The van der Waals surface area contributed by atoms with E-state index in [1.807, 2.05) is 17.4 Å².